The van der Waals surface area contributed by atoms with E-state index in [0.29, 0.717) is 11.9 Å². The van der Waals surface area contributed by atoms with E-state index >= 15 is 0 Å². The van der Waals surface area contributed by atoms with Crippen molar-refractivity contribution in [1.29, 1.82) is 0 Å². The molecular formula is C19H16F2N4O. The molecule has 0 aliphatic heterocycles. The van der Waals surface area contributed by atoms with Crippen LogP contribution in [-0.4, -0.2) is 15.9 Å². The van der Waals surface area contributed by atoms with Crippen LogP contribution >= 0.6 is 0 Å². The van der Waals surface area contributed by atoms with Crippen molar-refractivity contribution in [2.24, 2.45) is 0 Å². The molecule has 2 aromatic carbocycles. The highest BCUT2D eigenvalue weighted by Gasteiger charge is 2.12. The van der Waals surface area contributed by atoms with Gasteiger partial charge in [0.1, 0.15) is 23.1 Å². The number of nitrogens with zero attached hydrogens (tertiary/aromatic N) is 2. The zero-order valence-corrected chi connectivity index (χ0v) is 14.2. The van der Waals surface area contributed by atoms with Crippen LogP contribution in [0.15, 0.2) is 48.8 Å². The fraction of sp³-hybridized carbons (Fsp3) is 0.105. The number of benzene rings is 2. The third-order valence-corrected chi connectivity index (χ3v) is 3.56. The van der Waals surface area contributed by atoms with Gasteiger partial charge in [-0.15, -0.1) is 0 Å². The number of rotatable bonds is 4. The van der Waals surface area contributed by atoms with Crippen LogP contribution in [-0.2, 0) is 0 Å². The van der Waals surface area contributed by atoms with E-state index in [9.17, 15) is 13.6 Å². The van der Waals surface area contributed by atoms with Crippen LogP contribution in [0.2, 0.25) is 0 Å². The highest BCUT2D eigenvalue weighted by molar-refractivity contribution is 6.02. The summed E-state index contributed by atoms with van der Waals surface area (Å²) in [5.41, 5.74) is 2.97. The Balaban J connectivity index is 1.71. The maximum atomic E-state index is 13.6. The second-order valence-electron chi connectivity index (χ2n) is 5.87. The van der Waals surface area contributed by atoms with Crippen molar-refractivity contribution in [2.45, 2.75) is 13.8 Å². The topological polar surface area (TPSA) is 66.9 Å². The molecule has 0 fully saturated rings. The Bertz CT molecular complexity index is 938. The predicted octanol–water partition coefficient (Wildman–Crippen LogP) is 4.37. The van der Waals surface area contributed by atoms with E-state index in [0.717, 1.165) is 28.9 Å². The minimum absolute atomic E-state index is 0.0136. The molecule has 0 aliphatic rings. The lowest BCUT2D eigenvalue weighted by atomic mass is 10.1. The highest BCUT2D eigenvalue weighted by atomic mass is 19.1. The first-order valence-corrected chi connectivity index (χ1v) is 7.84. The van der Waals surface area contributed by atoms with Gasteiger partial charge in [-0.3, -0.25) is 4.79 Å². The van der Waals surface area contributed by atoms with E-state index in [-0.39, 0.29) is 11.4 Å². The van der Waals surface area contributed by atoms with Gasteiger partial charge in [0.05, 0.1) is 18.1 Å². The summed E-state index contributed by atoms with van der Waals surface area (Å²) in [4.78, 5) is 20.3. The molecule has 0 bridgehead atoms. The normalized spacial score (nSPS) is 10.5. The van der Waals surface area contributed by atoms with E-state index in [1.807, 2.05) is 26.0 Å². The molecule has 26 heavy (non-hydrogen) atoms. The molecule has 0 radical (unpaired) electrons. The lowest BCUT2D eigenvalue weighted by molar-refractivity contribution is 0.102. The number of anilines is 3. The molecular weight excluding hydrogens is 338 g/mol. The monoisotopic (exact) mass is 354 g/mol. The molecule has 132 valence electrons. The summed E-state index contributed by atoms with van der Waals surface area (Å²) < 4.78 is 26.5. The number of aryl methyl sites for hydroxylation is 2. The van der Waals surface area contributed by atoms with Crippen LogP contribution in [0, 0.1) is 25.5 Å². The van der Waals surface area contributed by atoms with Gasteiger partial charge in [-0.1, -0.05) is 6.07 Å². The molecule has 1 aromatic heterocycles. The van der Waals surface area contributed by atoms with Crippen molar-refractivity contribution in [1.82, 2.24) is 9.97 Å². The van der Waals surface area contributed by atoms with Gasteiger partial charge in [-0.25, -0.2) is 18.7 Å². The summed E-state index contributed by atoms with van der Waals surface area (Å²) >= 11 is 0. The van der Waals surface area contributed by atoms with Crippen LogP contribution in [0.3, 0.4) is 0 Å². The zero-order chi connectivity index (χ0) is 18.7. The lowest BCUT2D eigenvalue weighted by Crippen LogP contribution is -2.15. The number of hydrogen-bond acceptors (Lipinski definition) is 4. The molecule has 3 aromatic rings. The molecule has 0 atom stereocenters. The van der Waals surface area contributed by atoms with Gasteiger partial charge in [0.25, 0.3) is 5.91 Å². The Morgan fingerprint density at radius 1 is 0.962 bits per heavy atom. The fourth-order valence-corrected chi connectivity index (χ4v) is 2.48. The zero-order valence-electron chi connectivity index (χ0n) is 14.2. The molecule has 5 nitrogen and oxygen atoms in total. The minimum atomic E-state index is -0.862. The maximum Gasteiger partial charge on any atom is 0.275 e. The molecule has 0 unspecified atom stereocenters. The lowest BCUT2D eigenvalue weighted by Gasteiger charge is -2.09. The van der Waals surface area contributed by atoms with Crippen molar-refractivity contribution in [3.05, 3.63) is 77.2 Å². The van der Waals surface area contributed by atoms with E-state index in [1.165, 1.54) is 12.4 Å². The molecule has 0 saturated carbocycles. The van der Waals surface area contributed by atoms with Crippen molar-refractivity contribution in [3.8, 4) is 0 Å². The predicted molar refractivity (Wildman–Crippen MR) is 95.5 cm³/mol. The Hall–Kier alpha value is -3.35. The number of aromatic nitrogens is 2. The molecule has 0 aliphatic carbocycles. The van der Waals surface area contributed by atoms with Gasteiger partial charge in [0.2, 0.25) is 0 Å². The Morgan fingerprint density at radius 2 is 1.69 bits per heavy atom. The summed E-state index contributed by atoms with van der Waals surface area (Å²) in [6.07, 6.45) is 2.69. The maximum absolute atomic E-state index is 13.6. The standard InChI is InChI=1S/C19H16F2N4O/c1-11-5-12(2)7-14(6-11)24-18-10-22-17(9-23-18)19(26)25-16-4-3-13(20)8-15(16)21/h3-10H,1-2H3,(H,23,24)(H,25,26). The third kappa shape index (κ3) is 4.18. The van der Waals surface area contributed by atoms with Gasteiger partial charge < -0.3 is 10.6 Å². The van der Waals surface area contributed by atoms with Crippen molar-refractivity contribution < 1.29 is 13.6 Å². The van der Waals surface area contributed by atoms with Crippen molar-refractivity contribution in [2.75, 3.05) is 10.6 Å². The molecule has 2 N–H and O–H groups in total. The van der Waals surface area contributed by atoms with E-state index in [4.69, 9.17) is 0 Å². The molecule has 0 spiro atoms. The molecule has 0 saturated heterocycles. The van der Waals surface area contributed by atoms with Crippen molar-refractivity contribution >= 4 is 23.1 Å². The number of amides is 1. The molecule has 3 rings (SSSR count). The second kappa shape index (κ2) is 7.26. The summed E-state index contributed by atoms with van der Waals surface area (Å²) in [6.45, 7) is 3.98. The number of carbonyl (C=O) groups excluding carboxylic acids is 1. The van der Waals surface area contributed by atoms with Crippen LogP contribution in [0.4, 0.5) is 26.0 Å². The quantitative estimate of drug-likeness (QED) is 0.730. The van der Waals surface area contributed by atoms with Crippen molar-refractivity contribution in [3.63, 3.8) is 0 Å². The largest absolute Gasteiger partial charge is 0.339 e. The minimum Gasteiger partial charge on any atom is -0.339 e. The van der Waals surface area contributed by atoms with Crippen LogP contribution in [0.1, 0.15) is 21.6 Å². The number of halogens is 2. The van der Waals surface area contributed by atoms with Gasteiger partial charge in [0.15, 0.2) is 0 Å². The number of nitrogens with one attached hydrogen (secondary N) is 2. The van der Waals surface area contributed by atoms with E-state index in [1.54, 1.807) is 0 Å². The fourth-order valence-electron chi connectivity index (χ4n) is 2.48. The summed E-state index contributed by atoms with van der Waals surface area (Å²) in [6, 6.07) is 8.88. The van der Waals surface area contributed by atoms with Crippen LogP contribution < -0.4 is 10.6 Å². The van der Waals surface area contributed by atoms with E-state index in [2.05, 4.69) is 26.7 Å². The highest BCUT2D eigenvalue weighted by Crippen LogP contribution is 2.18. The smallest absolute Gasteiger partial charge is 0.275 e. The summed E-state index contributed by atoms with van der Waals surface area (Å²) in [5, 5.41) is 5.44. The number of hydrogen-bond donors (Lipinski definition) is 2. The summed E-state index contributed by atoms with van der Waals surface area (Å²) in [7, 11) is 0. The first-order valence-electron chi connectivity index (χ1n) is 7.84. The second-order valence-corrected chi connectivity index (χ2v) is 5.87. The first-order chi connectivity index (χ1) is 12.4. The van der Waals surface area contributed by atoms with Gasteiger partial charge >= 0.3 is 0 Å². The van der Waals surface area contributed by atoms with Gasteiger partial charge in [-0.2, -0.15) is 0 Å². The third-order valence-electron chi connectivity index (χ3n) is 3.56. The van der Waals surface area contributed by atoms with Gasteiger partial charge in [0, 0.05) is 11.8 Å². The first kappa shape index (κ1) is 17.5. The number of carbonyl (C=O) groups is 1. The average molecular weight is 354 g/mol. The van der Waals surface area contributed by atoms with Crippen LogP contribution in [0.5, 0.6) is 0 Å². The van der Waals surface area contributed by atoms with Gasteiger partial charge in [-0.05, 0) is 49.2 Å². The Morgan fingerprint density at radius 3 is 2.31 bits per heavy atom. The van der Waals surface area contributed by atoms with E-state index < -0.39 is 17.5 Å². The molecule has 1 heterocycles. The Labute approximate surface area is 149 Å². The Kier molecular flexibility index (Phi) is 4.88. The average Bonchev–Trinajstić information content (AvgIpc) is 2.57. The van der Waals surface area contributed by atoms with Crippen LogP contribution in [0.25, 0.3) is 0 Å². The summed E-state index contributed by atoms with van der Waals surface area (Å²) in [5.74, 6) is -1.75. The SMILES string of the molecule is Cc1cc(C)cc(Nc2cnc(C(=O)Nc3ccc(F)cc3F)cn2)c1. The molecule has 7 heteroatoms. The molecule has 1 amide bonds.